The molecule has 2 aliphatic rings. The van der Waals surface area contributed by atoms with Gasteiger partial charge in [-0.25, -0.2) is 4.79 Å². The molecule has 4 rings (SSSR count). The van der Waals surface area contributed by atoms with Gasteiger partial charge in [0.1, 0.15) is 11.9 Å². The second-order valence-electron chi connectivity index (χ2n) is 8.34. The number of piperidine rings is 1. The monoisotopic (exact) mass is 441 g/mol. The molecule has 2 heterocycles. The molecule has 0 radical (unpaired) electrons. The van der Waals surface area contributed by atoms with Crippen molar-refractivity contribution in [3.63, 3.8) is 0 Å². The molecule has 2 aromatic rings. The van der Waals surface area contributed by atoms with Gasteiger partial charge in [0.2, 0.25) is 5.91 Å². The van der Waals surface area contributed by atoms with Gasteiger partial charge in [-0.3, -0.25) is 9.69 Å². The van der Waals surface area contributed by atoms with Crippen LogP contribution in [0.4, 0.5) is 10.5 Å². The molecule has 0 unspecified atom stereocenters. The third-order valence-electron chi connectivity index (χ3n) is 6.01. The average molecular weight is 442 g/mol. The number of amides is 3. The Kier molecular flexibility index (Phi) is 6.37. The summed E-state index contributed by atoms with van der Waals surface area (Å²) in [6.45, 7) is 5.52. The van der Waals surface area contributed by atoms with Crippen LogP contribution in [0.1, 0.15) is 38.3 Å². The number of halogens is 1. The number of benzene rings is 2. The zero-order chi connectivity index (χ0) is 22.0. The predicted molar refractivity (Wildman–Crippen MR) is 122 cm³/mol. The van der Waals surface area contributed by atoms with Gasteiger partial charge in [-0.2, -0.15) is 0 Å². The highest BCUT2D eigenvalue weighted by atomic mass is 35.5. The summed E-state index contributed by atoms with van der Waals surface area (Å²) in [5.41, 5.74) is 1.79. The van der Waals surface area contributed by atoms with E-state index >= 15 is 0 Å². The number of carbonyl (C=O) groups is 2. The molecule has 164 valence electrons. The van der Waals surface area contributed by atoms with Crippen molar-refractivity contribution >= 4 is 29.2 Å². The Hall–Kier alpha value is -2.73. The number of hydrogen-bond acceptors (Lipinski definition) is 3. The summed E-state index contributed by atoms with van der Waals surface area (Å²) in [7, 11) is 0. The predicted octanol–water partition coefficient (Wildman–Crippen LogP) is 4.64. The number of fused-ring (bicyclic) bond motifs is 1. The molecule has 0 bridgehead atoms. The molecule has 0 aromatic heterocycles. The van der Waals surface area contributed by atoms with E-state index in [0.29, 0.717) is 48.9 Å². The van der Waals surface area contributed by atoms with E-state index in [2.05, 4.69) is 5.32 Å². The van der Waals surface area contributed by atoms with Crippen LogP contribution in [0.5, 0.6) is 5.75 Å². The van der Waals surface area contributed by atoms with Crippen molar-refractivity contribution in [1.29, 1.82) is 0 Å². The minimum absolute atomic E-state index is 0.0375. The zero-order valence-electron chi connectivity index (χ0n) is 17.9. The first-order valence-electron chi connectivity index (χ1n) is 10.8. The summed E-state index contributed by atoms with van der Waals surface area (Å²) in [4.78, 5) is 29.6. The molecule has 2 aromatic carbocycles. The first-order chi connectivity index (χ1) is 14.9. The molecular weight excluding hydrogens is 414 g/mol. The van der Waals surface area contributed by atoms with Gasteiger partial charge in [-0.1, -0.05) is 41.9 Å². The number of likely N-dealkylation sites (tertiary alicyclic amines) is 1. The molecular formula is C24H28ClN3O3. The lowest BCUT2D eigenvalue weighted by Crippen LogP contribution is -2.52. The van der Waals surface area contributed by atoms with Crippen LogP contribution >= 0.6 is 11.6 Å². The van der Waals surface area contributed by atoms with Gasteiger partial charge < -0.3 is 15.0 Å². The lowest BCUT2D eigenvalue weighted by molar-refractivity contribution is -0.126. The third-order valence-corrected chi connectivity index (χ3v) is 6.24. The second-order valence-corrected chi connectivity index (χ2v) is 8.77. The Labute approximate surface area is 188 Å². The Morgan fingerprint density at radius 2 is 1.84 bits per heavy atom. The van der Waals surface area contributed by atoms with Crippen LogP contribution in [0.2, 0.25) is 5.02 Å². The van der Waals surface area contributed by atoms with Crippen molar-refractivity contribution in [3.05, 3.63) is 59.1 Å². The summed E-state index contributed by atoms with van der Waals surface area (Å²) in [6.07, 6.45) is 1.21. The molecule has 1 N–H and O–H groups in total. The maximum atomic E-state index is 13.3. The van der Waals surface area contributed by atoms with Crippen molar-refractivity contribution in [2.45, 2.75) is 38.8 Å². The van der Waals surface area contributed by atoms with E-state index in [9.17, 15) is 9.59 Å². The van der Waals surface area contributed by atoms with Crippen LogP contribution in [-0.2, 0) is 4.79 Å². The Balaban J connectivity index is 1.36. The van der Waals surface area contributed by atoms with Gasteiger partial charge in [0, 0.05) is 24.0 Å². The number of ether oxygens (including phenoxy) is 1. The fraction of sp³-hybridized carbons (Fsp3) is 0.417. The second kappa shape index (κ2) is 9.18. The Morgan fingerprint density at radius 1 is 1.13 bits per heavy atom. The zero-order valence-corrected chi connectivity index (χ0v) is 18.6. The van der Waals surface area contributed by atoms with E-state index in [1.54, 1.807) is 23.1 Å². The molecule has 0 saturated carbocycles. The van der Waals surface area contributed by atoms with Crippen LogP contribution in [0.15, 0.2) is 48.5 Å². The van der Waals surface area contributed by atoms with Crippen LogP contribution in [0.25, 0.3) is 0 Å². The molecule has 31 heavy (non-hydrogen) atoms. The van der Waals surface area contributed by atoms with E-state index in [4.69, 9.17) is 16.3 Å². The molecule has 0 spiro atoms. The van der Waals surface area contributed by atoms with Gasteiger partial charge in [-0.15, -0.1) is 0 Å². The minimum Gasteiger partial charge on any atom is -0.487 e. The van der Waals surface area contributed by atoms with Gasteiger partial charge in [-0.05, 0) is 50.5 Å². The van der Waals surface area contributed by atoms with Gasteiger partial charge >= 0.3 is 6.03 Å². The maximum absolute atomic E-state index is 13.3. The van der Waals surface area contributed by atoms with E-state index < -0.39 is 0 Å². The number of urea groups is 1. The van der Waals surface area contributed by atoms with Gasteiger partial charge in [0.15, 0.2) is 0 Å². The fourth-order valence-corrected chi connectivity index (χ4v) is 4.42. The van der Waals surface area contributed by atoms with E-state index in [1.807, 2.05) is 49.1 Å². The number of carbonyl (C=O) groups excluding carboxylic acids is 2. The summed E-state index contributed by atoms with van der Waals surface area (Å²) < 4.78 is 5.85. The van der Waals surface area contributed by atoms with Crippen molar-refractivity contribution in [2.24, 2.45) is 5.92 Å². The summed E-state index contributed by atoms with van der Waals surface area (Å²) in [6, 6.07) is 15.2. The van der Waals surface area contributed by atoms with Crippen LogP contribution in [0, 0.1) is 5.92 Å². The quantitative estimate of drug-likeness (QED) is 0.754. The minimum atomic E-state index is -0.0968. The fourth-order valence-electron chi connectivity index (χ4n) is 4.25. The highest BCUT2D eigenvalue weighted by Crippen LogP contribution is 2.36. The SMILES string of the molecule is C[C@@H]1CN(C(=O)N2CCC(C(=O)N[C@@H](C)c3ccccc3)CC2)c2cc(Cl)ccc2O1. The van der Waals surface area contributed by atoms with E-state index in [-0.39, 0.29) is 30.0 Å². The molecule has 6 nitrogen and oxygen atoms in total. The summed E-state index contributed by atoms with van der Waals surface area (Å²) >= 11 is 6.16. The highest BCUT2D eigenvalue weighted by molar-refractivity contribution is 6.31. The topological polar surface area (TPSA) is 61.9 Å². The molecule has 7 heteroatoms. The van der Waals surface area contributed by atoms with Crippen molar-refractivity contribution in [3.8, 4) is 5.75 Å². The smallest absolute Gasteiger partial charge is 0.324 e. The number of nitrogens with one attached hydrogen (secondary N) is 1. The number of anilines is 1. The highest BCUT2D eigenvalue weighted by Gasteiger charge is 2.34. The molecule has 2 atom stereocenters. The first kappa shape index (κ1) is 21.5. The normalized spacial score (nSPS) is 19.9. The average Bonchev–Trinajstić information content (AvgIpc) is 2.79. The molecule has 2 aliphatic heterocycles. The van der Waals surface area contributed by atoms with E-state index in [1.165, 1.54) is 0 Å². The lowest BCUT2D eigenvalue weighted by atomic mass is 9.95. The van der Waals surface area contributed by atoms with Gasteiger partial charge in [0.05, 0.1) is 18.3 Å². The van der Waals surface area contributed by atoms with E-state index in [0.717, 1.165) is 5.56 Å². The van der Waals surface area contributed by atoms with Gasteiger partial charge in [0.25, 0.3) is 0 Å². The van der Waals surface area contributed by atoms with Crippen molar-refractivity contribution in [2.75, 3.05) is 24.5 Å². The molecule has 1 saturated heterocycles. The van der Waals surface area contributed by atoms with Crippen molar-refractivity contribution < 1.29 is 14.3 Å². The van der Waals surface area contributed by atoms with Crippen LogP contribution in [0.3, 0.4) is 0 Å². The lowest BCUT2D eigenvalue weighted by Gasteiger charge is -2.39. The number of hydrogen-bond donors (Lipinski definition) is 1. The Morgan fingerprint density at radius 3 is 2.55 bits per heavy atom. The van der Waals surface area contributed by atoms with Crippen LogP contribution < -0.4 is 15.0 Å². The third kappa shape index (κ3) is 4.79. The number of rotatable bonds is 3. The molecule has 3 amide bonds. The standard InChI is InChI=1S/C24H28ClN3O3/c1-16-15-28(21-14-20(25)8-9-22(21)31-16)24(30)27-12-10-19(11-13-27)23(29)26-17(2)18-6-4-3-5-7-18/h3-9,14,16-17,19H,10-13,15H2,1-2H3,(H,26,29)/t16-,17+/m1/s1. The maximum Gasteiger partial charge on any atom is 0.324 e. The largest absolute Gasteiger partial charge is 0.487 e. The van der Waals surface area contributed by atoms with Crippen molar-refractivity contribution in [1.82, 2.24) is 10.2 Å². The first-order valence-corrected chi connectivity index (χ1v) is 11.2. The summed E-state index contributed by atoms with van der Waals surface area (Å²) in [5.74, 6) is 0.641. The summed E-state index contributed by atoms with van der Waals surface area (Å²) in [5, 5.41) is 3.68. The van der Waals surface area contributed by atoms with Crippen LogP contribution in [-0.4, -0.2) is 42.6 Å². The molecule has 1 fully saturated rings. The number of nitrogens with zero attached hydrogens (tertiary/aromatic N) is 2. The Bertz CT molecular complexity index is 944. The molecule has 0 aliphatic carbocycles.